The average Bonchev–Trinajstić information content (AvgIpc) is 2.46. The molecule has 0 bridgehead atoms. The van der Waals surface area contributed by atoms with Gasteiger partial charge in [0.05, 0.1) is 12.7 Å². The first-order valence-electron chi connectivity index (χ1n) is 7.13. The Bertz CT molecular complexity index is 481. The quantitative estimate of drug-likeness (QED) is 0.847. The van der Waals surface area contributed by atoms with Crippen LogP contribution in [-0.4, -0.2) is 31.0 Å². The largest absolute Gasteiger partial charge is 0.496 e. The molecular weight excluding hydrogens is 257 g/mol. The van der Waals surface area contributed by atoms with Gasteiger partial charge in [-0.3, -0.25) is 4.79 Å². The minimum absolute atomic E-state index is 0.166. The summed E-state index contributed by atoms with van der Waals surface area (Å²) in [7, 11) is 3.29. The van der Waals surface area contributed by atoms with Crippen LogP contribution in [0.3, 0.4) is 0 Å². The normalized spacial score (nSPS) is 22.4. The fraction of sp³-hybridized carbons (Fsp3) is 0.562. The second-order valence-electron chi connectivity index (χ2n) is 5.67. The van der Waals surface area contributed by atoms with Gasteiger partial charge in [-0.05, 0) is 49.8 Å². The first kappa shape index (κ1) is 14.8. The van der Waals surface area contributed by atoms with Gasteiger partial charge in [0, 0.05) is 13.1 Å². The van der Waals surface area contributed by atoms with Crippen molar-refractivity contribution in [3.05, 3.63) is 29.6 Å². The highest BCUT2D eigenvalue weighted by molar-refractivity contribution is 5.97. The topological polar surface area (TPSA) is 29.5 Å². The Morgan fingerprint density at radius 2 is 1.95 bits per heavy atom. The highest BCUT2D eigenvalue weighted by atomic mass is 19.1. The highest BCUT2D eigenvalue weighted by Crippen LogP contribution is 2.28. The fourth-order valence-electron chi connectivity index (χ4n) is 2.83. The summed E-state index contributed by atoms with van der Waals surface area (Å²) in [4.78, 5) is 14.3. The molecule has 4 heteroatoms. The third-order valence-electron chi connectivity index (χ3n) is 4.25. The van der Waals surface area contributed by atoms with Gasteiger partial charge in [-0.15, -0.1) is 0 Å². The van der Waals surface area contributed by atoms with Crippen LogP contribution in [0.5, 0.6) is 5.75 Å². The average molecular weight is 279 g/mol. The summed E-state index contributed by atoms with van der Waals surface area (Å²) in [5, 5.41) is 0. The van der Waals surface area contributed by atoms with Crippen LogP contribution in [0.2, 0.25) is 0 Å². The Labute approximate surface area is 119 Å². The van der Waals surface area contributed by atoms with Crippen molar-refractivity contribution in [1.82, 2.24) is 4.90 Å². The number of methoxy groups -OCH3 is 1. The van der Waals surface area contributed by atoms with Crippen molar-refractivity contribution in [1.29, 1.82) is 0 Å². The Kier molecular flexibility index (Phi) is 4.63. The van der Waals surface area contributed by atoms with Gasteiger partial charge in [0.15, 0.2) is 0 Å². The van der Waals surface area contributed by atoms with E-state index in [1.807, 2.05) is 0 Å². The van der Waals surface area contributed by atoms with Crippen LogP contribution in [0.25, 0.3) is 0 Å². The van der Waals surface area contributed by atoms with Gasteiger partial charge in [0.1, 0.15) is 11.6 Å². The van der Waals surface area contributed by atoms with Gasteiger partial charge in [0.2, 0.25) is 0 Å². The minimum atomic E-state index is -0.417. The predicted molar refractivity (Wildman–Crippen MR) is 76.5 cm³/mol. The minimum Gasteiger partial charge on any atom is -0.496 e. The van der Waals surface area contributed by atoms with Crippen molar-refractivity contribution in [3.63, 3.8) is 0 Å². The van der Waals surface area contributed by atoms with Gasteiger partial charge in [-0.1, -0.05) is 6.92 Å². The molecule has 110 valence electrons. The lowest BCUT2D eigenvalue weighted by atomic mass is 9.86. The molecule has 0 N–H and O–H groups in total. The van der Waals surface area contributed by atoms with E-state index in [1.165, 1.54) is 25.3 Å². The van der Waals surface area contributed by atoms with Crippen LogP contribution in [0.15, 0.2) is 18.2 Å². The zero-order chi connectivity index (χ0) is 14.7. The van der Waals surface area contributed by atoms with Gasteiger partial charge >= 0.3 is 0 Å². The van der Waals surface area contributed by atoms with Crippen molar-refractivity contribution in [3.8, 4) is 5.75 Å². The molecule has 0 atom stereocenters. The number of carbonyl (C=O) groups is 1. The Morgan fingerprint density at radius 3 is 2.55 bits per heavy atom. The van der Waals surface area contributed by atoms with Crippen molar-refractivity contribution in [2.75, 3.05) is 14.2 Å². The maximum atomic E-state index is 13.4. The maximum absolute atomic E-state index is 13.4. The molecule has 1 aliphatic carbocycles. The SMILES string of the molecule is COc1ccc(F)cc1C(=O)N(C)C1CCC(C)CC1. The third-order valence-corrected chi connectivity index (χ3v) is 4.25. The summed E-state index contributed by atoms with van der Waals surface area (Å²) in [6, 6.07) is 4.30. The van der Waals surface area contributed by atoms with Crippen LogP contribution < -0.4 is 4.74 Å². The monoisotopic (exact) mass is 279 g/mol. The summed E-state index contributed by atoms with van der Waals surface area (Å²) >= 11 is 0. The number of ether oxygens (including phenoxy) is 1. The molecule has 0 heterocycles. The Balaban J connectivity index is 2.16. The summed E-state index contributed by atoms with van der Waals surface area (Å²) in [5.41, 5.74) is 0.300. The third kappa shape index (κ3) is 3.11. The number of halogens is 1. The summed E-state index contributed by atoms with van der Waals surface area (Å²) < 4.78 is 18.5. The zero-order valence-electron chi connectivity index (χ0n) is 12.4. The standard InChI is InChI=1S/C16H22FNO2/c1-11-4-7-13(8-5-11)18(2)16(19)14-10-12(17)6-9-15(14)20-3/h6,9-11,13H,4-5,7-8H2,1-3H3. The van der Waals surface area contributed by atoms with E-state index in [9.17, 15) is 9.18 Å². The molecule has 1 aliphatic rings. The first-order valence-corrected chi connectivity index (χ1v) is 7.13. The van der Waals surface area contributed by atoms with Gasteiger partial charge in [-0.25, -0.2) is 4.39 Å². The molecule has 20 heavy (non-hydrogen) atoms. The number of hydrogen-bond donors (Lipinski definition) is 0. The molecule has 0 unspecified atom stereocenters. The van der Waals surface area contributed by atoms with E-state index in [4.69, 9.17) is 4.74 Å². The molecule has 3 nitrogen and oxygen atoms in total. The molecule has 0 radical (unpaired) electrons. The van der Waals surface area contributed by atoms with Crippen LogP contribution in [0.4, 0.5) is 4.39 Å². The molecule has 1 fully saturated rings. The predicted octanol–water partition coefficient (Wildman–Crippen LogP) is 3.49. The Morgan fingerprint density at radius 1 is 1.30 bits per heavy atom. The molecule has 2 rings (SSSR count). The summed E-state index contributed by atoms with van der Waals surface area (Å²) in [6.45, 7) is 2.24. The second-order valence-corrected chi connectivity index (χ2v) is 5.67. The number of benzene rings is 1. The molecule has 0 aliphatic heterocycles. The molecule has 0 aromatic heterocycles. The number of carbonyl (C=O) groups excluding carboxylic acids is 1. The number of rotatable bonds is 3. The number of nitrogens with zero attached hydrogens (tertiary/aromatic N) is 1. The molecule has 1 amide bonds. The van der Waals surface area contributed by atoms with Crippen molar-refractivity contribution in [2.24, 2.45) is 5.92 Å². The zero-order valence-corrected chi connectivity index (χ0v) is 12.4. The molecule has 0 saturated heterocycles. The molecular formula is C16H22FNO2. The van der Waals surface area contributed by atoms with Crippen molar-refractivity contribution in [2.45, 2.75) is 38.6 Å². The second kappa shape index (κ2) is 6.25. The van der Waals surface area contributed by atoms with Crippen LogP contribution in [0, 0.1) is 11.7 Å². The lowest BCUT2D eigenvalue weighted by Crippen LogP contribution is -2.39. The number of hydrogen-bond acceptors (Lipinski definition) is 2. The van der Waals surface area contributed by atoms with Crippen LogP contribution in [0.1, 0.15) is 43.0 Å². The van der Waals surface area contributed by atoms with E-state index in [-0.39, 0.29) is 11.9 Å². The fourth-order valence-corrected chi connectivity index (χ4v) is 2.83. The smallest absolute Gasteiger partial charge is 0.257 e. The van der Waals surface area contributed by atoms with Crippen LogP contribution >= 0.6 is 0 Å². The number of amides is 1. The van der Waals surface area contributed by atoms with E-state index in [0.29, 0.717) is 11.3 Å². The van der Waals surface area contributed by atoms with E-state index >= 15 is 0 Å². The molecule has 1 saturated carbocycles. The van der Waals surface area contributed by atoms with Crippen molar-refractivity contribution < 1.29 is 13.9 Å². The lowest BCUT2D eigenvalue weighted by molar-refractivity contribution is 0.0675. The summed E-state index contributed by atoms with van der Waals surface area (Å²) in [5.74, 6) is 0.576. The van der Waals surface area contributed by atoms with E-state index in [1.54, 1.807) is 11.9 Å². The van der Waals surface area contributed by atoms with Crippen LogP contribution in [-0.2, 0) is 0 Å². The maximum Gasteiger partial charge on any atom is 0.257 e. The van der Waals surface area contributed by atoms with E-state index in [2.05, 4.69) is 6.92 Å². The van der Waals surface area contributed by atoms with E-state index < -0.39 is 5.82 Å². The Hall–Kier alpha value is -1.58. The van der Waals surface area contributed by atoms with Gasteiger partial charge < -0.3 is 9.64 Å². The van der Waals surface area contributed by atoms with Gasteiger partial charge in [0.25, 0.3) is 5.91 Å². The summed E-state index contributed by atoms with van der Waals surface area (Å²) in [6.07, 6.45) is 4.31. The first-order chi connectivity index (χ1) is 9.52. The van der Waals surface area contributed by atoms with Crippen molar-refractivity contribution >= 4 is 5.91 Å². The highest BCUT2D eigenvalue weighted by Gasteiger charge is 2.27. The molecule has 1 aromatic rings. The lowest BCUT2D eigenvalue weighted by Gasteiger charge is -2.33. The molecule has 0 spiro atoms. The van der Waals surface area contributed by atoms with E-state index in [0.717, 1.165) is 31.6 Å². The molecule has 1 aromatic carbocycles. The van der Waals surface area contributed by atoms with Gasteiger partial charge in [-0.2, -0.15) is 0 Å².